The standard InChI is InChI=1S/C14H21N5OS/c1-5-6-9-7-10(20)17-14(16-9)21-13-11(15)12(8(2)3)18-19(13)4/h7-8H,5-6,15H2,1-4H3,(H,16,17,20). The van der Waals surface area contributed by atoms with Crippen molar-refractivity contribution in [2.45, 2.75) is 49.7 Å². The van der Waals surface area contributed by atoms with E-state index >= 15 is 0 Å². The Labute approximate surface area is 128 Å². The molecular weight excluding hydrogens is 286 g/mol. The number of anilines is 1. The van der Waals surface area contributed by atoms with Gasteiger partial charge in [0.1, 0.15) is 5.03 Å². The van der Waals surface area contributed by atoms with Gasteiger partial charge in [0.2, 0.25) is 0 Å². The summed E-state index contributed by atoms with van der Waals surface area (Å²) < 4.78 is 1.74. The summed E-state index contributed by atoms with van der Waals surface area (Å²) in [6, 6.07) is 1.54. The Morgan fingerprint density at radius 2 is 2.19 bits per heavy atom. The Kier molecular flexibility index (Phi) is 4.72. The van der Waals surface area contributed by atoms with Crippen LogP contribution < -0.4 is 11.3 Å². The predicted molar refractivity (Wildman–Crippen MR) is 84.7 cm³/mol. The lowest BCUT2D eigenvalue weighted by atomic mass is 10.1. The molecule has 2 rings (SSSR count). The van der Waals surface area contributed by atoms with Crippen molar-refractivity contribution in [3.63, 3.8) is 0 Å². The van der Waals surface area contributed by atoms with Gasteiger partial charge < -0.3 is 10.7 Å². The van der Waals surface area contributed by atoms with Gasteiger partial charge in [-0.05, 0) is 24.1 Å². The summed E-state index contributed by atoms with van der Waals surface area (Å²) in [7, 11) is 1.85. The van der Waals surface area contributed by atoms with Crippen molar-refractivity contribution in [3.05, 3.63) is 27.8 Å². The van der Waals surface area contributed by atoms with Crippen LogP contribution in [0.1, 0.15) is 44.5 Å². The van der Waals surface area contributed by atoms with E-state index in [-0.39, 0.29) is 11.5 Å². The molecule has 0 amide bonds. The number of nitrogens with two attached hydrogens (primary N) is 1. The second-order valence-electron chi connectivity index (χ2n) is 5.28. The number of hydrogen-bond acceptors (Lipinski definition) is 5. The first kappa shape index (κ1) is 15.6. The second-order valence-corrected chi connectivity index (χ2v) is 6.25. The molecular formula is C14H21N5OS. The molecule has 6 nitrogen and oxygen atoms in total. The highest BCUT2D eigenvalue weighted by molar-refractivity contribution is 7.99. The van der Waals surface area contributed by atoms with E-state index in [2.05, 4.69) is 35.8 Å². The maximum atomic E-state index is 11.7. The number of aromatic amines is 1. The minimum Gasteiger partial charge on any atom is -0.395 e. The molecule has 3 N–H and O–H groups in total. The molecule has 2 heterocycles. The lowest BCUT2D eigenvalue weighted by Crippen LogP contribution is -2.10. The molecule has 2 aromatic heterocycles. The molecule has 114 valence electrons. The molecule has 0 saturated heterocycles. The average Bonchev–Trinajstić information content (AvgIpc) is 2.67. The molecule has 21 heavy (non-hydrogen) atoms. The number of aryl methyl sites for hydroxylation is 2. The van der Waals surface area contributed by atoms with Crippen molar-refractivity contribution < 1.29 is 0 Å². The van der Waals surface area contributed by atoms with Crippen molar-refractivity contribution in [3.8, 4) is 0 Å². The van der Waals surface area contributed by atoms with Gasteiger partial charge in [-0.15, -0.1) is 0 Å². The number of H-pyrrole nitrogens is 1. The minimum atomic E-state index is -0.138. The Hall–Kier alpha value is -1.76. The SMILES string of the molecule is CCCc1cc(=O)[nH]c(Sc2c(N)c(C(C)C)nn2C)n1. The molecule has 0 aliphatic carbocycles. The maximum absolute atomic E-state index is 11.7. The molecule has 0 atom stereocenters. The molecule has 0 aliphatic rings. The summed E-state index contributed by atoms with van der Waals surface area (Å²) in [6.07, 6.45) is 1.74. The van der Waals surface area contributed by atoms with Crippen molar-refractivity contribution in [2.24, 2.45) is 7.05 Å². The summed E-state index contributed by atoms with van der Waals surface area (Å²) in [4.78, 5) is 18.9. The first-order valence-electron chi connectivity index (χ1n) is 7.02. The third-order valence-corrected chi connectivity index (χ3v) is 4.14. The van der Waals surface area contributed by atoms with Gasteiger partial charge in [0, 0.05) is 18.8 Å². The molecule has 2 aromatic rings. The predicted octanol–water partition coefficient (Wildman–Crippen LogP) is 2.31. The summed E-state index contributed by atoms with van der Waals surface area (Å²) in [6.45, 7) is 6.16. The number of hydrogen-bond donors (Lipinski definition) is 2. The summed E-state index contributed by atoms with van der Waals surface area (Å²) >= 11 is 1.34. The first-order chi connectivity index (χ1) is 9.92. The molecule has 0 unspecified atom stereocenters. The van der Waals surface area contributed by atoms with E-state index in [1.165, 1.54) is 11.8 Å². The monoisotopic (exact) mass is 307 g/mol. The number of rotatable bonds is 5. The highest BCUT2D eigenvalue weighted by atomic mass is 32.2. The topological polar surface area (TPSA) is 89.6 Å². The van der Waals surface area contributed by atoms with E-state index in [0.717, 1.165) is 29.3 Å². The summed E-state index contributed by atoms with van der Waals surface area (Å²) in [5.74, 6) is 0.254. The van der Waals surface area contributed by atoms with Gasteiger partial charge in [-0.25, -0.2) is 4.98 Å². The van der Waals surface area contributed by atoms with E-state index in [0.29, 0.717) is 10.8 Å². The fourth-order valence-electron chi connectivity index (χ4n) is 2.10. The van der Waals surface area contributed by atoms with Gasteiger partial charge >= 0.3 is 0 Å². The first-order valence-corrected chi connectivity index (χ1v) is 7.84. The molecule has 0 bridgehead atoms. The van der Waals surface area contributed by atoms with Crippen LogP contribution in [0.25, 0.3) is 0 Å². The van der Waals surface area contributed by atoms with Gasteiger partial charge in [0.15, 0.2) is 5.16 Å². The number of nitrogens with zero attached hydrogens (tertiary/aromatic N) is 3. The van der Waals surface area contributed by atoms with E-state index in [1.54, 1.807) is 10.7 Å². The zero-order chi connectivity index (χ0) is 15.6. The van der Waals surface area contributed by atoms with E-state index in [9.17, 15) is 4.79 Å². The zero-order valence-corrected chi connectivity index (χ0v) is 13.6. The van der Waals surface area contributed by atoms with Crippen LogP contribution in [-0.2, 0) is 13.5 Å². The van der Waals surface area contributed by atoms with Gasteiger partial charge in [-0.3, -0.25) is 9.48 Å². The van der Waals surface area contributed by atoms with Gasteiger partial charge in [0.25, 0.3) is 5.56 Å². The van der Waals surface area contributed by atoms with Crippen LogP contribution in [0, 0.1) is 0 Å². The normalized spacial score (nSPS) is 11.3. The van der Waals surface area contributed by atoms with Crippen molar-refractivity contribution in [2.75, 3.05) is 5.73 Å². The summed E-state index contributed by atoms with van der Waals surface area (Å²) in [5.41, 5.74) is 8.35. The minimum absolute atomic E-state index is 0.138. The average molecular weight is 307 g/mol. The van der Waals surface area contributed by atoms with Crippen LogP contribution in [0.2, 0.25) is 0 Å². The number of nitrogen functional groups attached to an aromatic ring is 1. The Morgan fingerprint density at radius 1 is 1.48 bits per heavy atom. The number of nitrogens with one attached hydrogen (secondary N) is 1. The lowest BCUT2D eigenvalue weighted by molar-refractivity contribution is 0.669. The fraction of sp³-hybridized carbons (Fsp3) is 0.500. The second kappa shape index (κ2) is 6.34. The van der Waals surface area contributed by atoms with Crippen LogP contribution in [0.4, 0.5) is 5.69 Å². The van der Waals surface area contributed by atoms with E-state index in [4.69, 9.17) is 5.73 Å². The van der Waals surface area contributed by atoms with Gasteiger partial charge in [0.05, 0.1) is 11.4 Å². The largest absolute Gasteiger partial charge is 0.395 e. The Morgan fingerprint density at radius 3 is 2.76 bits per heavy atom. The van der Waals surface area contributed by atoms with Crippen LogP contribution in [-0.4, -0.2) is 19.7 Å². The maximum Gasteiger partial charge on any atom is 0.251 e. The Bertz CT molecular complexity index is 689. The zero-order valence-electron chi connectivity index (χ0n) is 12.8. The van der Waals surface area contributed by atoms with Crippen LogP contribution in [0.3, 0.4) is 0 Å². The molecule has 0 aromatic carbocycles. The third-order valence-electron chi connectivity index (χ3n) is 3.08. The molecule has 0 fully saturated rings. The summed E-state index contributed by atoms with van der Waals surface area (Å²) in [5, 5.41) is 5.79. The fourth-order valence-corrected chi connectivity index (χ4v) is 2.98. The molecule has 0 radical (unpaired) electrons. The highest BCUT2D eigenvalue weighted by Gasteiger charge is 2.17. The lowest BCUT2D eigenvalue weighted by Gasteiger charge is -2.05. The van der Waals surface area contributed by atoms with Crippen molar-refractivity contribution >= 4 is 17.4 Å². The van der Waals surface area contributed by atoms with E-state index < -0.39 is 0 Å². The van der Waals surface area contributed by atoms with Gasteiger partial charge in [-0.2, -0.15) is 5.10 Å². The molecule has 7 heteroatoms. The van der Waals surface area contributed by atoms with Crippen LogP contribution in [0.5, 0.6) is 0 Å². The van der Waals surface area contributed by atoms with Crippen LogP contribution >= 0.6 is 11.8 Å². The Balaban J connectivity index is 2.36. The molecule has 0 spiro atoms. The van der Waals surface area contributed by atoms with Crippen molar-refractivity contribution in [1.82, 2.24) is 19.7 Å². The van der Waals surface area contributed by atoms with E-state index in [1.807, 2.05) is 7.05 Å². The molecule has 0 saturated carbocycles. The van der Waals surface area contributed by atoms with Crippen LogP contribution in [0.15, 0.2) is 21.0 Å². The molecule has 0 aliphatic heterocycles. The number of aromatic nitrogens is 4. The van der Waals surface area contributed by atoms with Crippen molar-refractivity contribution in [1.29, 1.82) is 0 Å². The quantitative estimate of drug-likeness (QED) is 0.827. The smallest absolute Gasteiger partial charge is 0.251 e. The highest BCUT2D eigenvalue weighted by Crippen LogP contribution is 2.33. The van der Waals surface area contributed by atoms with Gasteiger partial charge in [-0.1, -0.05) is 27.2 Å². The third kappa shape index (κ3) is 3.47.